The largest absolute Gasteiger partial charge is 0.368 e. The number of halogens is 1. The van der Waals surface area contributed by atoms with Gasteiger partial charge in [-0.05, 0) is 49.1 Å². The molecule has 0 aliphatic carbocycles. The highest BCUT2D eigenvalue weighted by molar-refractivity contribution is 5.56. The van der Waals surface area contributed by atoms with Crippen molar-refractivity contribution in [1.29, 1.82) is 0 Å². The molecule has 1 heterocycles. The lowest BCUT2D eigenvalue weighted by Gasteiger charge is -2.29. The molecule has 1 aliphatic rings. The van der Waals surface area contributed by atoms with Gasteiger partial charge in [0, 0.05) is 19.1 Å². The average molecular weight is 292 g/mol. The van der Waals surface area contributed by atoms with E-state index in [9.17, 15) is 4.39 Å². The predicted octanol–water partition coefficient (Wildman–Crippen LogP) is 4.12. The highest BCUT2D eigenvalue weighted by Crippen LogP contribution is 2.40. The third kappa shape index (κ3) is 3.39. The lowest BCUT2D eigenvalue weighted by atomic mass is 9.82. The van der Waals surface area contributed by atoms with Crippen LogP contribution in [0.15, 0.2) is 18.2 Å². The summed E-state index contributed by atoms with van der Waals surface area (Å²) in [6.45, 7) is 8.51. The highest BCUT2D eigenvalue weighted by Gasteiger charge is 2.36. The number of hydrogen-bond donors (Lipinski definition) is 1. The van der Waals surface area contributed by atoms with Crippen LogP contribution in [0.3, 0.4) is 0 Å². The predicted molar refractivity (Wildman–Crippen MR) is 88.2 cm³/mol. The fourth-order valence-corrected chi connectivity index (χ4v) is 3.46. The van der Waals surface area contributed by atoms with E-state index in [1.807, 2.05) is 6.07 Å². The zero-order valence-corrected chi connectivity index (χ0v) is 13.7. The third-order valence-electron chi connectivity index (χ3n) is 5.33. The molecule has 118 valence electrons. The quantitative estimate of drug-likeness (QED) is 0.854. The second-order valence-corrected chi connectivity index (χ2v) is 6.50. The zero-order chi connectivity index (χ0) is 15.5. The number of para-hydroxylation sites is 1. The van der Waals surface area contributed by atoms with Crippen molar-refractivity contribution in [2.24, 2.45) is 11.1 Å². The molecule has 2 N–H and O–H groups in total. The molecule has 0 radical (unpaired) electrons. The van der Waals surface area contributed by atoms with E-state index in [2.05, 4.69) is 25.7 Å². The lowest BCUT2D eigenvalue weighted by molar-refractivity contribution is 0.301. The SMILES string of the molecule is CCC(N)Cc1cccc(F)c1N1CCC(CC)(CC)C1. The van der Waals surface area contributed by atoms with Crippen molar-refractivity contribution in [3.63, 3.8) is 0 Å². The smallest absolute Gasteiger partial charge is 0.146 e. The summed E-state index contributed by atoms with van der Waals surface area (Å²) >= 11 is 0. The van der Waals surface area contributed by atoms with E-state index in [0.717, 1.165) is 56.4 Å². The van der Waals surface area contributed by atoms with Crippen molar-refractivity contribution in [2.45, 2.75) is 58.9 Å². The Balaban J connectivity index is 2.27. The Kier molecular flexibility index (Phi) is 5.26. The van der Waals surface area contributed by atoms with Gasteiger partial charge in [0.2, 0.25) is 0 Å². The first-order valence-electron chi connectivity index (χ1n) is 8.33. The summed E-state index contributed by atoms with van der Waals surface area (Å²) in [5.41, 5.74) is 8.30. The number of anilines is 1. The highest BCUT2D eigenvalue weighted by atomic mass is 19.1. The Hall–Kier alpha value is -1.09. The van der Waals surface area contributed by atoms with Crippen LogP contribution in [-0.4, -0.2) is 19.1 Å². The molecule has 1 unspecified atom stereocenters. The van der Waals surface area contributed by atoms with Gasteiger partial charge in [-0.15, -0.1) is 0 Å². The molecule has 1 atom stereocenters. The van der Waals surface area contributed by atoms with Crippen molar-refractivity contribution in [1.82, 2.24) is 0 Å². The van der Waals surface area contributed by atoms with E-state index < -0.39 is 0 Å². The van der Waals surface area contributed by atoms with Gasteiger partial charge in [0.1, 0.15) is 5.82 Å². The Morgan fingerprint density at radius 3 is 2.57 bits per heavy atom. The standard InChI is InChI=1S/C18H29FN2/c1-4-15(20)12-14-8-7-9-16(19)17(14)21-11-10-18(5-2,6-3)13-21/h7-9,15H,4-6,10-13,20H2,1-3H3. The molecule has 2 nitrogen and oxygen atoms in total. The minimum absolute atomic E-state index is 0.0983. The topological polar surface area (TPSA) is 29.3 Å². The summed E-state index contributed by atoms with van der Waals surface area (Å²) in [6.07, 6.45) is 5.17. The maximum Gasteiger partial charge on any atom is 0.146 e. The molecule has 0 bridgehead atoms. The van der Waals surface area contributed by atoms with Crippen molar-refractivity contribution in [2.75, 3.05) is 18.0 Å². The van der Waals surface area contributed by atoms with E-state index >= 15 is 0 Å². The number of rotatable bonds is 6. The summed E-state index contributed by atoms with van der Waals surface area (Å²) in [5, 5.41) is 0. The molecule has 1 aromatic carbocycles. The summed E-state index contributed by atoms with van der Waals surface area (Å²) in [5.74, 6) is -0.0983. The van der Waals surface area contributed by atoms with Gasteiger partial charge in [-0.3, -0.25) is 0 Å². The van der Waals surface area contributed by atoms with Gasteiger partial charge in [0.15, 0.2) is 0 Å². The molecule has 0 saturated carbocycles. The molecule has 3 heteroatoms. The summed E-state index contributed by atoms with van der Waals surface area (Å²) in [4.78, 5) is 2.25. The second-order valence-electron chi connectivity index (χ2n) is 6.50. The monoisotopic (exact) mass is 292 g/mol. The van der Waals surface area contributed by atoms with Gasteiger partial charge >= 0.3 is 0 Å². The van der Waals surface area contributed by atoms with E-state index in [1.165, 1.54) is 0 Å². The van der Waals surface area contributed by atoms with Crippen LogP contribution in [0.4, 0.5) is 10.1 Å². The molecular formula is C18H29FN2. The summed E-state index contributed by atoms with van der Waals surface area (Å²) < 4.78 is 14.4. The van der Waals surface area contributed by atoms with Crippen LogP contribution in [0, 0.1) is 11.2 Å². The Bertz CT molecular complexity index is 468. The van der Waals surface area contributed by atoms with Gasteiger partial charge in [-0.1, -0.05) is 32.9 Å². The summed E-state index contributed by atoms with van der Waals surface area (Å²) in [7, 11) is 0. The fourth-order valence-electron chi connectivity index (χ4n) is 3.46. The molecular weight excluding hydrogens is 263 g/mol. The van der Waals surface area contributed by atoms with E-state index in [4.69, 9.17) is 5.73 Å². The van der Waals surface area contributed by atoms with Crippen molar-refractivity contribution in [3.8, 4) is 0 Å². The van der Waals surface area contributed by atoms with E-state index in [1.54, 1.807) is 12.1 Å². The van der Waals surface area contributed by atoms with Crippen molar-refractivity contribution < 1.29 is 4.39 Å². The van der Waals surface area contributed by atoms with Crippen LogP contribution in [-0.2, 0) is 6.42 Å². The molecule has 1 fully saturated rings. The number of benzene rings is 1. The van der Waals surface area contributed by atoms with Gasteiger partial charge in [-0.25, -0.2) is 4.39 Å². The van der Waals surface area contributed by atoms with Crippen molar-refractivity contribution >= 4 is 5.69 Å². The zero-order valence-electron chi connectivity index (χ0n) is 13.7. The first kappa shape index (κ1) is 16.3. The molecule has 1 aliphatic heterocycles. The normalized spacial score (nSPS) is 19.0. The van der Waals surface area contributed by atoms with E-state index in [-0.39, 0.29) is 11.9 Å². The van der Waals surface area contributed by atoms with Crippen LogP contribution in [0.2, 0.25) is 0 Å². The number of nitrogens with zero attached hydrogens (tertiary/aromatic N) is 1. The molecule has 1 saturated heterocycles. The minimum Gasteiger partial charge on any atom is -0.368 e. The Morgan fingerprint density at radius 1 is 1.29 bits per heavy atom. The molecule has 0 aromatic heterocycles. The number of nitrogens with two attached hydrogens (primary N) is 1. The molecule has 0 spiro atoms. The maximum absolute atomic E-state index is 14.4. The molecule has 21 heavy (non-hydrogen) atoms. The first-order chi connectivity index (χ1) is 10.0. The Morgan fingerprint density at radius 2 is 2.00 bits per heavy atom. The second kappa shape index (κ2) is 6.78. The van der Waals surface area contributed by atoms with Crippen LogP contribution in [0.25, 0.3) is 0 Å². The van der Waals surface area contributed by atoms with Crippen molar-refractivity contribution in [3.05, 3.63) is 29.6 Å². The maximum atomic E-state index is 14.4. The fraction of sp³-hybridized carbons (Fsp3) is 0.667. The van der Waals surface area contributed by atoms with Gasteiger partial charge in [0.25, 0.3) is 0 Å². The first-order valence-corrected chi connectivity index (χ1v) is 8.33. The molecule has 1 aromatic rings. The van der Waals surface area contributed by atoms with Gasteiger partial charge in [-0.2, -0.15) is 0 Å². The average Bonchev–Trinajstić information content (AvgIpc) is 2.92. The molecule has 0 amide bonds. The lowest BCUT2D eigenvalue weighted by Crippen LogP contribution is -2.29. The van der Waals surface area contributed by atoms with Crippen LogP contribution < -0.4 is 10.6 Å². The Labute approximate surface area is 128 Å². The number of hydrogen-bond acceptors (Lipinski definition) is 2. The third-order valence-corrected chi connectivity index (χ3v) is 5.33. The van der Waals surface area contributed by atoms with Crippen LogP contribution in [0.1, 0.15) is 52.0 Å². The summed E-state index contributed by atoms with van der Waals surface area (Å²) in [6, 6.07) is 5.52. The van der Waals surface area contributed by atoms with E-state index in [0.29, 0.717) is 5.41 Å². The minimum atomic E-state index is -0.0983. The van der Waals surface area contributed by atoms with Crippen LogP contribution >= 0.6 is 0 Å². The van der Waals surface area contributed by atoms with Crippen LogP contribution in [0.5, 0.6) is 0 Å². The van der Waals surface area contributed by atoms with Gasteiger partial charge in [0.05, 0.1) is 5.69 Å². The molecule has 2 rings (SSSR count). The van der Waals surface area contributed by atoms with Gasteiger partial charge < -0.3 is 10.6 Å².